The maximum absolute atomic E-state index is 14.7. The largest absolute Gasteiger partial charge is 0.494 e. The highest BCUT2D eigenvalue weighted by Crippen LogP contribution is 2.37. The van der Waals surface area contributed by atoms with Crippen molar-refractivity contribution in [3.8, 4) is 16.9 Å². The average Bonchev–Trinajstić information content (AvgIpc) is 3.13. The molecule has 0 unspecified atom stereocenters. The van der Waals surface area contributed by atoms with Crippen LogP contribution in [-0.4, -0.2) is 27.2 Å². The lowest BCUT2D eigenvalue weighted by molar-refractivity contribution is 0.262. The molecule has 1 saturated carbocycles. The van der Waals surface area contributed by atoms with E-state index in [1.54, 1.807) is 23.2 Å². The Hall–Kier alpha value is -4.98. The lowest BCUT2D eigenvalue weighted by Gasteiger charge is -2.25. The van der Waals surface area contributed by atoms with Crippen LogP contribution >= 0.6 is 0 Å². The number of hydrogen-bond donors (Lipinski definition) is 2. The zero-order valence-corrected chi connectivity index (χ0v) is 29.7. The zero-order valence-electron chi connectivity index (χ0n) is 29.7. The fraction of sp³-hybridized carbons (Fsp3) is 0.381. The molecule has 0 aliphatic heterocycles. The maximum atomic E-state index is 14.7. The number of rotatable bonds is 12. The van der Waals surface area contributed by atoms with Crippen LogP contribution in [-0.2, 0) is 13.0 Å². The number of ether oxygens (including phenoxy) is 1. The summed E-state index contributed by atoms with van der Waals surface area (Å²) in [5, 5.41) is 7.03. The second kappa shape index (κ2) is 16.2. The number of amides is 2. The first kappa shape index (κ1) is 34.9. The average molecular weight is 672 g/mol. The van der Waals surface area contributed by atoms with Gasteiger partial charge in [0.15, 0.2) is 0 Å². The predicted octanol–water partition coefficient (Wildman–Crippen LogP) is 9.94. The number of aryl methyl sites for hydroxylation is 1. The number of nitrogens with zero attached hydrogens (tertiary/aromatic N) is 3. The Morgan fingerprint density at radius 2 is 1.56 bits per heavy atom. The van der Waals surface area contributed by atoms with Gasteiger partial charge in [-0.15, -0.1) is 0 Å². The van der Waals surface area contributed by atoms with Gasteiger partial charge in [0.25, 0.3) is 5.56 Å². The Kier molecular flexibility index (Phi) is 11.3. The molecule has 1 fully saturated rings. The van der Waals surface area contributed by atoms with Crippen molar-refractivity contribution in [2.24, 2.45) is 5.92 Å². The van der Waals surface area contributed by atoms with Crippen molar-refractivity contribution in [1.29, 1.82) is 0 Å². The van der Waals surface area contributed by atoms with Crippen LogP contribution in [0.25, 0.3) is 22.2 Å². The number of fused-ring (bicyclic) bond motifs is 1. The first-order chi connectivity index (χ1) is 24.3. The SMILES string of the molecule is CC(C)c1cccc(C(C)C)c1NC(=O)Nc1c(-c2cccc(OCCCc3ccncc3)c2)c2cccnc2n(CC2CCCCC2)c1=O. The minimum Gasteiger partial charge on any atom is -0.494 e. The standard InChI is InChI=1S/C42H49N5O3/c1-28(2)34-17-9-18-35(29(3)4)38(34)45-42(49)46-39-37(32-15-8-16-33(26-32)50-25-11-14-30-20-23-43-24-21-30)36-19-10-22-44-40(36)47(41(39)48)27-31-12-6-5-7-13-31/h8-10,15-24,26,28-29,31H,5-7,11-14,25,27H2,1-4H3,(H2,45,46,49). The molecule has 1 aliphatic rings. The second-order valence-electron chi connectivity index (χ2n) is 14.1. The van der Waals surface area contributed by atoms with E-state index in [-0.39, 0.29) is 23.1 Å². The highest BCUT2D eigenvalue weighted by molar-refractivity contribution is 6.07. The molecule has 1 aliphatic carbocycles. The number of aromatic nitrogens is 3. The molecular weight excluding hydrogens is 622 g/mol. The summed E-state index contributed by atoms with van der Waals surface area (Å²) >= 11 is 0. The highest BCUT2D eigenvalue weighted by Gasteiger charge is 2.25. The molecule has 6 rings (SSSR count). The summed E-state index contributed by atoms with van der Waals surface area (Å²) in [5.74, 6) is 1.48. The molecule has 2 aromatic carbocycles. The third-order valence-corrected chi connectivity index (χ3v) is 9.79. The number of anilines is 2. The minimum atomic E-state index is -0.450. The van der Waals surface area contributed by atoms with E-state index in [1.165, 1.54) is 24.8 Å². The predicted molar refractivity (Wildman–Crippen MR) is 203 cm³/mol. The van der Waals surface area contributed by atoms with Crippen LogP contribution in [0.1, 0.15) is 94.7 Å². The van der Waals surface area contributed by atoms with E-state index in [0.29, 0.717) is 36.0 Å². The van der Waals surface area contributed by atoms with Gasteiger partial charge in [-0.25, -0.2) is 9.78 Å². The van der Waals surface area contributed by atoms with Crippen LogP contribution in [0.15, 0.2) is 90.1 Å². The van der Waals surface area contributed by atoms with Crippen molar-refractivity contribution in [3.63, 3.8) is 0 Å². The molecule has 260 valence electrons. The van der Waals surface area contributed by atoms with Gasteiger partial charge in [0.1, 0.15) is 17.1 Å². The summed E-state index contributed by atoms with van der Waals surface area (Å²) in [4.78, 5) is 37.6. The molecule has 3 aromatic heterocycles. The third kappa shape index (κ3) is 8.07. The Labute approximate surface area is 295 Å². The maximum Gasteiger partial charge on any atom is 0.323 e. The fourth-order valence-corrected chi connectivity index (χ4v) is 7.20. The molecule has 8 heteroatoms. The monoisotopic (exact) mass is 671 g/mol. The number of hydrogen-bond acceptors (Lipinski definition) is 5. The highest BCUT2D eigenvalue weighted by atomic mass is 16.5. The molecule has 8 nitrogen and oxygen atoms in total. The number of benzene rings is 2. The van der Waals surface area contributed by atoms with E-state index < -0.39 is 6.03 Å². The van der Waals surface area contributed by atoms with E-state index in [0.717, 1.165) is 53.4 Å². The van der Waals surface area contributed by atoms with Crippen molar-refractivity contribution in [3.05, 3.63) is 112 Å². The van der Waals surface area contributed by atoms with E-state index in [1.807, 2.05) is 54.6 Å². The van der Waals surface area contributed by atoms with Crippen molar-refractivity contribution in [1.82, 2.24) is 14.5 Å². The van der Waals surface area contributed by atoms with Crippen LogP contribution < -0.4 is 20.9 Å². The normalized spacial score (nSPS) is 13.6. The minimum absolute atomic E-state index is 0.200. The second-order valence-corrected chi connectivity index (χ2v) is 14.1. The van der Waals surface area contributed by atoms with Crippen molar-refractivity contribution in [2.45, 2.75) is 91.0 Å². The topological polar surface area (TPSA) is 98.1 Å². The van der Waals surface area contributed by atoms with Crippen LogP contribution in [0.4, 0.5) is 16.2 Å². The summed E-state index contributed by atoms with van der Waals surface area (Å²) in [6.45, 7) is 9.59. The third-order valence-electron chi connectivity index (χ3n) is 9.79. The van der Waals surface area contributed by atoms with Gasteiger partial charge in [-0.05, 0) is 102 Å². The van der Waals surface area contributed by atoms with Crippen LogP contribution in [0.5, 0.6) is 5.75 Å². The van der Waals surface area contributed by atoms with Crippen molar-refractivity contribution >= 4 is 28.4 Å². The van der Waals surface area contributed by atoms with Crippen LogP contribution in [0, 0.1) is 5.92 Å². The number of carbonyl (C=O) groups is 1. The van der Waals surface area contributed by atoms with E-state index in [2.05, 4.69) is 55.4 Å². The number of urea groups is 1. The summed E-state index contributed by atoms with van der Waals surface area (Å²) in [6.07, 6.45) is 12.8. The van der Waals surface area contributed by atoms with Gasteiger partial charge < -0.3 is 15.4 Å². The molecule has 0 bridgehead atoms. The first-order valence-corrected chi connectivity index (χ1v) is 18.1. The van der Waals surface area contributed by atoms with Crippen LogP contribution in [0.2, 0.25) is 0 Å². The molecule has 3 heterocycles. The quantitative estimate of drug-likeness (QED) is 0.129. The van der Waals surface area contributed by atoms with Crippen molar-refractivity contribution < 1.29 is 9.53 Å². The Morgan fingerprint density at radius 1 is 0.860 bits per heavy atom. The lowest BCUT2D eigenvalue weighted by Crippen LogP contribution is -2.32. The number of carbonyl (C=O) groups excluding carboxylic acids is 1. The molecule has 2 amide bonds. The molecule has 0 spiro atoms. The number of para-hydroxylation sites is 1. The van der Waals surface area contributed by atoms with Gasteiger partial charge in [0.2, 0.25) is 0 Å². The molecule has 0 atom stereocenters. The van der Waals surface area contributed by atoms with Gasteiger partial charge >= 0.3 is 6.03 Å². The molecule has 50 heavy (non-hydrogen) atoms. The van der Waals surface area contributed by atoms with Gasteiger partial charge in [-0.3, -0.25) is 14.3 Å². The Bertz CT molecular complexity index is 1950. The zero-order chi connectivity index (χ0) is 35.0. The van der Waals surface area contributed by atoms with Gasteiger partial charge in [-0.1, -0.05) is 77.3 Å². The van der Waals surface area contributed by atoms with E-state index in [9.17, 15) is 9.59 Å². The van der Waals surface area contributed by atoms with Crippen LogP contribution in [0.3, 0.4) is 0 Å². The van der Waals surface area contributed by atoms with Gasteiger partial charge in [0, 0.05) is 41.8 Å². The van der Waals surface area contributed by atoms with E-state index >= 15 is 0 Å². The molecular formula is C42H49N5O3. The Balaban J connectivity index is 1.39. The summed E-state index contributed by atoms with van der Waals surface area (Å²) in [6, 6.07) is 21.4. The molecule has 0 radical (unpaired) electrons. The summed E-state index contributed by atoms with van der Waals surface area (Å²) in [5.41, 5.74) is 6.14. The first-order valence-electron chi connectivity index (χ1n) is 18.1. The molecule has 2 N–H and O–H groups in total. The molecule has 0 saturated heterocycles. The summed E-state index contributed by atoms with van der Waals surface area (Å²) < 4.78 is 8.00. The number of nitrogens with one attached hydrogen (secondary N) is 2. The molecule has 5 aromatic rings. The van der Waals surface area contributed by atoms with E-state index in [4.69, 9.17) is 9.72 Å². The van der Waals surface area contributed by atoms with Crippen molar-refractivity contribution in [2.75, 3.05) is 17.2 Å². The van der Waals surface area contributed by atoms with Gasteiger partial charge in [0.05, 0.1) is 6.61 Å². The number of pyridine rings is 3. The summed E-state index contributed by atoms with van der Waals surface area (Å²) in [7, 11) is 0. The van der Waals surface area contributed by atoms with Gasteiger partial charge in [-0.2, -0.15) is 0 Å². The lowest BCUT2D eigenvalue weighted by atomic mass is 9.89. The fourth-order valence-electron chi connectivity index (χ4n) is 7.20. The Morgan fingerprint density at radius 3 is 2.28 bits per heavy atom. The smallest absolute Gasteiger partial charge is 0.323 e.